The smallest absolute Gasteiger partial charge is 0.253 e. The Labute approximate surface area is 181 Å². The van der Waals surface area contributed by atoms with E-state index < -0.39 is 9.84 Å². The van der Waals surface area contributed by atoms with Crippen molar-refractivity contribution >= 4 is 42.4 Å². The molecule has 0 bridgehead atoms. The molecular weight excluding hydrogens is 418 g/mol. The average molecular weight is 444 g/mol. The second kappa shape index (κ2) is 8.00. The van der Waals surface area contributed by atoms with Crippen LogP contribution in [-0.4, -0.2) is 56.1 Å². The van der Waals surface area contributed by atoms with Gasteiger partial charge in [0.05, 0.1) is 20.9 Å². The second-order valence-corrected chi connectivity index (χ2v) is 10.9. The Bertz CT molecular complexity index is 1190. The number of thiazole rings is 1. The Balaban J connectivity index is 1.44. The lowest BCUT2D eigenvalue weighted by Crippen LogP contribution is -2.48. The largest absolute Gasteiger partial charge is 0.345 e. The third-order valence-electron chi connectivity index (χ3n) is 5.49. The van der Waals surface area contributed by atoms with Gasteiger partial charge in [0.1, 0.15) is 0 Å². The maximum Gasteiger partial charge on any atom is 0.253 e. The van der Waals surface area contributed by atoms with Crippen molar-refractivity contribution in [1.29, 1.82) is 0 Å². The van der Waals surface area contributed by atoms with E-state index in [1.54, 1.807) is 30.4 Å². The highest BCUT2D eigenvalue weighted by atomic mass is 32.2. The molecule has 0 aliphatic carbocycles. The normalized spacial score (nSPS) is 15.0. The highest BCUT2D eigenvalue weighted by molar-refractivity contribution is 7.91. The molecule has 6 nitrogen and oxygen atoms in total. The van der Waals surface area contributed by atoms with Gasteiger partial charge in [-0.25, -0.2) is 13.4 Å². The molecule has 2 aromatic carbocycles. The van der Waals surface area contributed by atoms with Crippen LogP contribution in [-0.2, 0) is 9.84 Å². The quantitative estimate of drug-likeness (QED) is 0.615. The molecule has 1 fully saturated rings. The molecule has 0 atom stereocenters. The third kappa shape index (κ3) is 3.94. The van der Waals surface area contributed by atoms with Crippen LogP contribution in [0.15, 0.2) is 41.3 Å². The number of fused-ring (bicyclic) bond motifs is 1. The Morgan fingerprint density at radius 2 is 1.73 bits per heavy atom. The van der Waals surface area contributed by atoms with Crippen LogP contribution < -0.4 is 4.90 Å². The fourth-order valence-electron chi connectivity index (χ4n) is 3.76. The van der Waals surface area contributed by atoms with Crippen molar-refractivity contribution in [3.05, 3.63) is 53.1 Å². The van der Waals surface area contributed by atoms with Gasteiger partial charge < -0.3 is 9.80 Å². The van der Waals surface area contributed by atoms with E-state index in [2.05, 4.69) is 30.9 Å². The number of benzene rings is 2. The molecular formula is C22H25N3O3S2. The molecule has 1 aliphatic rings. The molecule has 0 saturated carbocycles. The zero-order valence-corrected chi connectivity index (χ0v) is 19.0. The maximum absolute atomic E-state index is 12.8. The minimum atomic E-state index is -3.26. The number of rotatable bonds is 4. The van der Waals surface area contributed by atoms with E-state index in [9.17, 15) is 13.2 Å². The Morgan fingerprint density at radius 3 is 2.37 bits per heavy atom. The molecule has 4 rings (SSSR count). The summed E-state index contributed by atoms with van der Waals surface area (Å²) in [5.41, 5.74) is 4.01. The molecule has 158 valence electrons. The van der Waals surface area contributed by atoms with E-state index in [0.717, 1.165) is 23.7 Å². The zero-order valence-electron chi connectivity index (χ0n) is 17.4. The molecule has 1 amide bonds. The number of piperazine rings is 1. The lowest BCUT2D eigenvalue weighted by Gasteiger charge is -2.34. The van der Waals surface area contributed by atoms with E-state index in [1.807, 2.05) is 4.90 Å². The summed E-state index contributed by atoms with van der Waals surface area (Å²) in [5, 5.41) is 1.000. The summed E-state index contributed by atoms with van der Waals surface area (Å²) in [6, 6.07) is 10.6. The van der Waals surface area contributed by atoms with Crippen LogP contribution in [0.25, 0.3) is 10.2 Å². The maximum atomic E-state index is 12.8. The summed E-state index contributed by atoms with van der Waals surface area (Å²) >= 11 is 1.71. The minimum Gasteiger partial charge on any atom is -0.345 e. The lowest BCUT2D eigenvalue weighted by molar-refractivity contribution is 0.0746. The van der Waals surface area contributed by atoms with Crippen molar-refractivity contribution in [2.24, 2.45) is 0 Å². The molecule has 30 heavy (non-hydrogen) atoms. The van der Waals surface area contributed by atoms with Crippen molar-refractivity contribution in [3.63, 3.8) is 0 Å². The minimum absolute atomic E-state index is 0.0487. The lowest BCUT2D eigenvalue weighted by atomic mass is 10.1. The number of sulfone groups is 1. The van der Waals surface area contributed by atoms with Gasteiger partial charge >= 0.3 is 0 Å². The zero-order chi connectivity index (χ0) is 21.5. The van der Waals surface area contributed by atoms with Crippen molar-refractivity contribution in [3.8, 4) is 0 Å². The van der Waals surface area contributed by atoms with Crippen molar-refractivity contribution < 1.29 is 13.2 Å². The Kier molecular flexibility index (Phi) is 5.55. The van der Waals surface area contributed by atoms with Crippen molar-refractivity contribution in [2.75, 3.05) is 36.8 Å². The number of carbonyl (C=O) groups excluding carboxylic acids is 1. The van der Waals surface area contributed by atoms with E-state index >= 15 is 0 Å². The SMILES string of the molecule is CCS(=O)(=O)c1ccc(C(=O)N2CCN(c3nc4cc(C)cc(C)c4s3)CC2)cc1. The molecule has 2 heterocycles. The number of nitrogens with zero attached hydrogens (tertiary/aromatic N) is 3. The summed E-state index contributed by atoms with van der Waals surface area (Å²) in [7, 11) is -3.26. The first-order chi connectivity index (χ1) is 14.3. The molecule has 0 unspecified atom stereocenters. The fraction of sp³-hybridized carbons (Fsp3) is 0.364. The summed E-state index contributed by atoms with van der Waals surface area (Å²) in [6.45, 7) is 8.49. The third-order valence-corrected chi connectivity index (χ3v) is 8.50. The van der Waals surface area contributed by atoms with Gasteiger partial charge in [0, 0.05) is 31.7 Å². The molecule has 0 N–H and O–H groups in total. The number of carbonyl (C=O) groups is 1. The van der Waals surface area contributed by atoms with Crippen LogP contribution in [0.1, 0.15) is 28.4 Å². The van der Waals surface area contributed by atoms with Crippen molar-refractivity contribution in [1.82, 2.24) is 9.88 Å². The topological polar surface area (TPSA) is 70.6 Å². The summed E-state index contributed by atoms with van der Waals surface area (Å²) in [5.74, 6) is -0.0153. The van der Waals surface area contributed by atoms with Crippen LogP contribution in [0.4, 0.5) is 5.13 Å². The van der Waals surface area contributed by atoms with Crippen LogP contribution in [0, 0.1) is 13.8 Å². The number of anilines is 1. The van der Waals surface area contributed by atoms with Crippen LogP contribution >= 0.6 is 11.3 Å². The van der Waals surface area contributed by atoms with Gasteiger partial charge in [-0.3, -0.25) is 4.79 Å². The van der Waals surface area contributed by atoms with E-state index in [0.29, 0.717) is 18.7 Å². The number of aryl methyl sites for hydroxylation is 2. The first-order valence-corrected chi connectivity index (χ1v) is 12.5. The van der Waals surface area contributed by atoms with Crippen LogP contribution in [0.3, 0.4) is 0 Å². The molecule has 1 aromatic heterocycles. The molecule has 0 radical (unpaired) electrons. The first kappa shape index (κ1) is 20.8. The highest BCUT2D eigenvalue weighted by Gasteiger charge is 2.24. The van der Waals surface area contributed by atoms with E-state index in [-0.39, 0.29) is 16.6 Å². The fourth-order valence-corrected chi connectivity index (χ4v) is 5.71. The van der Waals surface area contributed by atoms with Gasteiger partial charge in [-0.15, -0.1) is 0 Å². The second-order valence-electron chi connectivity index (χ2n) is 7.63. The van der Waals surface area contributed by atoms with E-state index in [1.165, 1.54) is 28.0 Å². The number of amides is 1. The Hall–Kier alpha value is -2.45. The number of hydrogen-bond acceptors (Lipinski definition) is 6. The standard InChI is InChI=1S/C22H25N3O3S2/c1-4-30(27,28)18-7-5-17(6-8-18)21(26)24-9-11-25(12-10-24)22-23-19-14-15(2)13-16(3)20(19)29-22/h5-8,13-14H,4,9-12H2,1-3H3. The van der Waals surface area contributed by atoms with Gasteiger partial charge in [-0.05, 0) is 55.3 Å². The van der Waals surface area contributed by atoms with Gasteiger partial charge in [0.2, 0.25) is 0 Å². The van der Waals surface area contributed by atoms with Crippen molar-refractivity contribution in [2.45, 2.75) is 25.7 Å². The first-order valence-electron chi connectivity index (χ1n) is 10.0. The summed E-state index contributed by atoms with van der Waals surface area (Å²) in [6.07, 6.45) is 0. The summed E-state index contributed by atoms with van der Waals surface area (Å²) < 4.78 is 25.1. The average Bonchev–Trinajstić information content (AvgIpc) is 3.18. The predicted octanol–water partition coefficient (Wildman–Crippen LogP) is 3.67. The monoisotopic (exact) mass is 443 g/mol. The molecule has 3 aromatic rings. The van der Waals surface area contributed by atoms with Crippen LogP contribution in [0.5, 0.6) is 0 Å². The molecule has 1 aliphatic heterocycles. The summed E-state index contributed by atoms with van der Waals surface area (Å²) in [4.78, 5) is 22.0. The number of hydrogen-bond donors (Lipinski definition) is 0. The molecule has 1 saturated heterocycles. The Morgan fingerprint density at radius 1 is 1.07 bits per heavy atom. The molecule has 8 heteroatoms. The number of aromatic nitrogens is 1. The highest BCUT2D eigenvalue weighted by Crippen LogP contribution is 2.32. The van der Waals surface area contributed by atoms with Gasteiger partial charge in [0.15, 0.2) is 15.0 Å². The predicted molar refractivity (Wildman–Crippen MR) is 121 cm³/mol. The van der Waals surface area contributed by atoms with Gasteiger partial charge in [-0.1, -0.05) is 24.3 Å². The van der Waals surface area contributed by atoms with Gasteiger partial charge in [-0.2, -0.15) is 0 Å². The van der Waals surface area contributed by atoms with Gasteiger partial charge in [0.25, 0.3) is 5.91 Å². The molecule has 0 spiro atoms. The van der Waals surface area contributed by atoms with Crippen LogP contribution in [0.2, 0.25) is 0 Å². The van der Waals surface area contributed by atoms with E-state index in [4.69, 9.17) is 4.98 Å².